The Kier molecular flexibility index (Phi) is 5.38. The number of pyridine rings is 1. The van der Waals surface area contributed by atoms with Gasteiger partial charge in [0.1, 0.15) is 0 Å². The number of hydrogen-bond acceptors (Lipinski definition) is 4. The molecule has 1 aromatic heterocycles. The van der Waals surface area contributed by atoms with Crippen LogP contribution < -0.4 is 9.80 Å². The van der Waals surface area contributed by atoms with E-state index >= 15 is 0 Å². The molecule has 0 spiro atoms. The lowest BCUT2D eigenvalue weighted by molar-refractivity contribution is 0.487. The molecular weight excluding hydrogens is 344 g/mol. The first kappa shape index (κ1) is 18.6. The van der Waals surface area contributed by atoms with Crippen molar-refractivity contribution in [2.45, 2.75) is 19.8 Å². The van der Waals surface area contributed by atoms with Gasteiger partial charge in [0.25, 0.3) is 0 Å². The molecule has 146 valence electrons. The summed E-state index contributed by atoms with van der Waals surface area (Å²) < 4.78 is 0. The van der Waals surface area contributed by atoms with Gasteiger partial charge in [0.15, 0.2) is 0 Å². The van der Waals surface area contributed by atoms with Crippen molar-refractivity contribution in [1.29, 1.82) is 0 Å². The minimum absolute atomic E-state index is 1.03. The number of rotatable bonds is 4. The normalized spacial score (nSPS) is 17.2. The number of aromatic nitrogens is 1. The predicted molar refractivity (Wildman–Crippen MR) is 119 cm³/mol. The number of benzene rings is 1. The van der Waals surface area contributed by atoms with E-state index in [0.29, 0.717) is 0 Å². The summed E-state index contributed by atoms with van der Waals surface area (Å²) in [4.78, 5) is 12.0. The van der Waals surface area contributed by atoms with Crippen molar-refractivity contribution in [3.05, 3.63) is 71.7 Å². The molecule has 0 radical (unpaired) electrons. The van der Waals surface area contributed by atoms with Gasteiger partial charge >= 0.3 is 0 Å². The van der Waals surface area contributed by atoms with Gasteiger partial charge in [-0.25, -0.2) is 0 Å². The predicted octanol–water partition coefficient (Wildman–Crippen LogP) is 4.34. The van der Waals surface area contributed by atoms with Gasteiger partial charge in [-0.05, 0) is 55.7 Å². The number of hydrogen-bond donors (Lipinski definition) is 0. The van der Waals surface area contributed by atoms with Crippen LogP contribution in [-0.4, -0.2) is 50.2 Å². The van der Waals surface area contributed by atoms with Crippen LogP contribution >= 0.6 is 0 Å². The number of allylic oxidation sites excluding steroid dienone is 4. The van der Waals surface area contributed by atoms with E-state index in [4.69, 9.17) is 4.98 Å². The summed E-state index contributed by atoms with van der Waals surface area (Å²) in [6.45, 7) is 6.28. The van der Waals surface area contributed by atoms with Crippen LogP contribution in [0.5, 0.6) is 0 Å². The Morgan fingerprint density at radius 2 is 1.57 bits per heavy atom. The summed E-state index contributed by atoms with van der Waals surface area (Å²) in [5, 5.41) is 0. The lowest BCUT2D eigenvalue weighted by Gasteiger charge is -2.38. The van der Waals surface area contributed by atoms with Crippen molar-refractivity contribution in [1.82, 2.24) is 9.88 Å². The third-order valence-corrected chi connectivity index (χ3v) is 5.81. The second-order valence-electron chi connectivity index (χ2n) is 7.93. The van der Waals surface area contributed by atoms with Crippen molar-refractivity contribution in [3.8, 4) is 0 Å². The van der Waals surface area contributed by atoms with E-state index in [9.17, 15) is 0 Å². The van der Waals surface area contributed by atoms with Gasteiger partial charge in [-0.3, -0.25) is 4.98 Å². The minimum Gasteiger partial charge on any atom is -0.381 e. The molecule has 0 atom stereocenters. The third-order valence-electron chi connectivity index (χ3n) is 5.81. The van der Waals surface area contributed by atoms with Crippen LogP contribution in [-0.2, 0) is 0 Å². The Morgan fingerprint density at radius 1 is 0.857 bits per heavy atom. The van der Waals surface area contributed by atoms with Gasteiger partial charge in [-0.15, -0.1) is 0 Å². The molecule has 2 heterocycles. The monoisotopic (exact) mass is 374 g/mol. The molecule has 1 saturated heterocycles. The van der Waals surface area contributed by atoms with Gasteiger partial charge in [-0.1, -0.05) is 23.8 Å². The summed E-state index contributed by atoms with van der Waals surface area (Å²) in [6, 6.07) is 13.2. The van der Waals surface area contributed by atoms with Crippen LogP contribution in [0.2, 0.25) is 0 Å². The molecule has 4 nitrogen and oxygen atoms in total. The Morgan fingerprint density at radius 3 is 2.21 bits per heavy atom. The summed E-state index contributed by atoms with van der Waals surface area (Å²) in [5.74, 6) is 0. The van der Waals surface area contributed by atoms with E-state index in [-0.39, 0.29) is 0 Å². The van der Waals surface area contributed by atoms with Crippen LogP contribution in [0.15, 0.2) is 60.4 Å². The fourth-order valence-corrected chi connectivity index (χ4v) is 4.06. The van der Waals surface area contributed by atoms with Gasteiger partial charge in [-0.2, -0.15) is 0 Å². The molecule has 28 heavy (non-hydrogen) atoms. The van der Waals surface area contributed by atoms with Crippen molar-refractivity contribution in [2.75, 3.05) is 50.1 Å². The molecule has 1 aliphatic carbocycles. The van der Waals surface area contributed by atoms with E-state index in [1.807, 2.05) is 6.20 Å². The fraction of sp³-hybridized carbons (Fsp3) is 0.375. The molecule has 4 heteroatoms. The van der Waals surface area contributed by atoms with E-state index in [0.717, 1.165) is 44.7 Å². The molecule has 0 amide bonds. The van der Waals surface area contributed by atoms with Gasteiger partial charge in [0.2, 0.25) is 0 Å². The van der Waals surface area contributed by atoms with Crippen LogP contribution in [0, 0.1) is 6.92 Å². The second-order valence-corrected chi connectivity index (χ2v) is 7.93. The Balaban J connectivity index is 1.50. The molecule has 0 bridgehead atoms. The maximum absolute atomic E-state index is 4.77. The summed E-state index contributed by atoms with van der Waals surface area (Å²) >= 11 is 0. The largest absolute Gasteiger partial charge is 0.381 e. The highest BCUT2D eigenvalue weighted by Crippen LogP contribution is 2.33. The van der Waals surface area contributed by atoms with Gasteiger partial charge < -0.3 is 14.7 Å². The van der Waals surface area contributed by atoms with Crippen molar-refractivity contribution >= 4 is 16.9 Å². The van der Waals surface area contributed by atoms with Crippen LogP contribution in [0.3, 0.4) is 0 Å². The summed E-state index contributed by atoms with van der Waals surface area (Å²) in [6.07, 6.45) is 8.56. The highest BCUT2D eigenvalue weighted by molar-refractivity contribution is 5.76. The first-order chi connectivity index (χ1) is 13.6. The third kappa shape index (κ3) is 3.91. The summed E-state index contributed by atoms with van der Waals surface area (Å²) in [7, 11) is 4.23. The van der Waals surface area contributed by atoms with E-state index < -0.39 is 0 Å². The highest BCUT2D eigenvalue weighted by atomic mass is 15.3. The van der Waals surface area contributed by atoms with Crippen molar-refractivity contribution in [2.24, 2.45) is 0 Å². The van der Waals surface area contributed by atoms with Crippen LogP contribution in [0.25, 0.3) is 5.57 Å². The van der Waals surface area contributed by atoms with E-state index in [2.05, 4.69) is 84.3 Å². The molecule has 2 aromatic rings. The van der Waals surface area contributed by atoms with E-state index in [1.54, 1.807) is 0 Å². The quantitative estimate of drug-likeness (QED) is 0.794. The van der Waals surface area contributed by atoms with E-state index in [1.165, 1.54) is 28.2 Å². The Bertz CT molecular complexity index is 872. The minimum atomic E-state index is 1.03. The average Bonchev–Trinajstić information content (AvgIpc) is 2.74. The van der Waals surface area contributed by atoms with Gasteiger partial charge in [0, 0.05) is 57.9 Å². The average molecular weight is 375 g/mol. The highest BCUT2D eigenvalue weighted by Gasteiger charge is 2.22. The van der Waals surface area contributed by atoms with Crippen LogP contribution in [0.1, 0.15) is 24.1 Å². The standard InChI is InChI=1S/C24H30N4/c1-19-6-10-22(11-7-19)27-15-17-28(18-16-27)23-5-4-14-25-24(23)20-8-12-21(13-9-20)26(2)3/h4-8,10-12,14H,9,13,15-18H2,1-3H3. The summed E-state index contributed by atoms with van der Waals surface area (Å²) in [5.41, 5.74) is 7.80. The molecular formula is C24H30N4. The second kappa shape index (κ2) is 8.09. The first-order valence-electron chi connectivity index (χ1n) is 10.2. The van der Waals surface area contributed by atoms with Crippen LogP contribution in [0.4, 0.5) is 11.4 Å². The molecule has 0 N–H and O–H groups in total. The molecule has 4 rings (SSSR count). The van der Waals surface area contributed by atoms with Crippen molar-refractivity contribution in [3.63, 3.8) is 0 Å². The Hall–Kier alpha value is -2.75. The number of nitrogens with zero attached hydrogens (tertiary/aromatic N) is 4. The number of anilines is 2. The van der Waals surface area contributed by atoms with Crippen molar-refractivity contribution < 1.29 is 0 Å². The number of piperazine rings is 1. The molecule has 1 aliphatic heterocycles. The zero-order chi connectivity index (χ0) is 19.5. The lowest BCUT2D eigenvalue weighted by atomic mass is 9.97. The zero-order valence-corrected chi connectivity index (χ0v) is 17.2. The SMILES string of the molecule is Cc1ccc(N2CCN(c3cccnc3C3=CC=C(N(C)C)CC3)CC2)cc1. The Labute approximate surface area is 168 Å². The fourth-order valence-electron chi connectivity index (χ4n) is 4.06. The number of aryl methyl sites for hydroxylation is 1. The maximum Gasteiger partial charge on any atom is 0.0895 e. The molecule has 0 saturated carbocycles. The zero-order valence-electron chi connectivity index (χ0n) is 17.2. The smallest absolute Gasteiger partial charge is 0.0895 e. The molecule has 1 fully saturated rings. The van der Waals surface area contributed by atoms with Gasteiger partial charge in [0.05, 0.1) is 11.4 Å². The molecule has 1 aromatic carbocycles. The lowest BCUT2D eigenvalue weighted by Crippen LogP contribution is -2.46. The molecule has 0 unspecified atom stereocenters. The maximum atomic E-state index is 4.77. The molecule has 2 aliphatic rings. The first-order valence-corrected chi connectivity index (χ1v) is 10.2. The topological polar surface area (TPSA) is 22.6 Å².